The third-order valence-electron chi connectivity index (χ3n) is 4.81. The summed E-state index contributed by atoms with van der Waals surface area (Å²) in [7, 11) is 1.76. The van der Waals surface area contributed by atoms with Gasteiger partial charge in [-0.05, 0) is 18.4 Å². The molecule has 4 rings (SSSR count). The standard InChI is InChI=1S/C17H21N7O/c1-24-16-14(21-23-24)8-12(10-18-16)17(25)19-15-9-13(20-22-15)7-11-5-3-2-4-6-11/h8-11H,2-7H2,1H3,(H2,19,20,22,25). The Hall–Kier alpha value is -2.77. The van der Waals surface area contributed by atoms with Crippen molar-refractivity contribution in [1.82, 2.24) is 30.2 Å². The second-order valence-electron chi connectivity index (χ2n) is 6.72. The molecule has 1 aliphatic carbocycles. The van der Waals surface area contributed by atoms with Gasteiger partial charge in [0, 0.05) is 25.0 Å². The number of amides is 1. The average molecular weight is 339 g/mol. The summed E-state index contributed by atoms with van der Waals surface area (Å²) in [6.45, 7) is 0. The lowest BCUT2D eigenvalue weighted by atomic mass is 9.86. The normalized spacial score (nSPS) is 15.6. The smallest absolute Gasteiger partial charge is 0.258 e. The Morgan fingerprint density at radius 3 is 3.00 bits per heavy atom. The Morgan fingerprint density at radius 2 is 2.16 bits per heavy atom. The quantitative estimate of drug-likeness (QED) is 0.760. The Morgan fingerprint density at radius 1 is 1.32 bits per heavy atom. The number of fused-ring (bicyclic) bond motifs is 1. The molecule has 0 spiro atoms. The van der Waals surface area contributed by atoms with Crippen LogP contribution in [0.5, 0.6) is 0 Å². The molecule has 3 aromatic heterocycles. The molecule has 1 aliphatic rings. The van der Waals surface area contributed by atoms with Crippen molar-refractivity contribution in [3.05, 3.63) is 29.6 Å². The van der Waals surface area contributed by atoms with E-state index in [2.05, 4.69) is 30.8 Å². The van der Waals surface area contributed by atoms with E-state index in [1.54, 1.807) is 17.8 Å². The lowest BCUT2D eigenvalue weighted by Gasteiger charge is -2.20. The second-order valence-corrected chi connectivity index (χ2v) is 6.72. The van der Waals surface area contributed by atoms with Crippen molar-refractivity contribution in [3.63, 3.8) is 0 Å². The Kier molecular flexibility index (Phi) is 4.17. The summed E-state index contributed by atoms with van der Waals surface area (Å²) in [5.41, 5.74) is 2.75. The van der Waals surface area contributed by atoms with Crippen molar-refractivity contribution in [2.45, 2.75) is 38.5 Å². The van der Waals surface area contributed by atoms with Crippen LogP contribution in [-0.4, -0.2) is 36.1 Å². The van der Waals surface area contributed by atoms with Gasteiger partial charge in [-0.2, -0.15) is 5.10 Å². The average Bonchev–Trinajstić information content (AvgIpc) is 3.22. The third-order valence-corrected chi connectivity index (χ3v) is 4.81. The number of pyridine rings is 1. The van der Waals surface area contributed by atoms with Crippen molar-refractivity contribution in [3.8, 4) is 0 Å². The fourth-order valence-electron chi connectivity index (χ4n) is 3.47. The molecule has 8 nitrogen and oxygen atoms in total. The number of carbonyl (C=O) groups is 1. The van der Waals surface area contributed by atoms with Gasteiger partial charge in [-0.1, -0.05) is 37.3 Å². The summed E-state index contributed by atoms with van der Waals surface area (Å²) < 4.78 is 1.57. The zero-order valence-corrected chi connectivity index (χ0v) is 14.2. The Bertz CT molecular complexity index is 891. The van der Waals surface area contributed by atoms with Crippen molar-refractivity contribution < 1.29 is 4.79 Å². The van der Waals surface area contributed by atoms with Gasteiger partial charge in [0.1, 0.15) is 5.52 Å². The first-order chi connectivity index (χ1) is 12.2. The van der Waals surface area contributed by atoms with Crippen LogP contribution >= 0.6 is 0 Å². The first-order valence-electron chi connectivity index (χ1n) is 8.70. The maximum absolute atomic E-state index is 12.4. The van der Waals surface area contributed by atoms with E-state index >= 15 is 0 Å². The van der Waals surface area contributed by atoms with Gasteiger partial charge in [0.25, 0.3) is 5.91 Å². The molecule has 0 aromatic carbocycles. The molecule has 3 heterocycles. The minimum Gasteiger partial charge on any atom is -0.305 e. The Balaban J connectivity index is 1.43. The van der Waals surface area contributed by atoms with Crippen LogP contribution < -0.4 is 5.32 Å². The zero-order valence-electron chi connectivity index (χ0n) is 14.2. The number of nitrogens with zero attached hydrogens (tertiary/aromatic N) is 5. The van der Waals surface area contributed by atoms with E-state index in [0.29, 0.717) is 22.5 Å². The number of rotatable bonds is 4. The van der Waals surface area contributed by atoms with Gasteiger partial charge in [0.2, 0.25) is 0 Å². The maximum Gasteiger partial charge on any atom is 0.258 e. The van der Waals surface area contributed by atoms with E-state index in [1.807, 2.05) is 6.07 Å². The fourth-order valence-corrected chi connectivity index (χ4v) is 3.47. The Labute approximate surface area is 145 Å². The molecule has 1 amide bonds. The summed E-state index contributed by atoms with van der Waals surface area (Å²) in [4.78, 5) is 16.6. The number of H-pyrrole nitrogens is 1. The minimum absolute atomic E-state index is 0.254. The van der Waals surface area contributed by atoms with E-state index in [0.717, 1.165) is 18.0 Å². The van der Waals surface area contributed by atoms with Crippen LogP contribution in [0, 0.1) is 5.92 Å². The molecule has 0 aliphatic heterocycles. The van der Waals surface area contributed by atoms with E-state index in [-0.39, 0.29) is 5.91 Å². The second kappa shape index (κ2) is 6.62. The predicted octanol–water partition coefficient (Wildman–Crippen LogP) is 2.46. The highest BCUT2D eigenvalue weighted by Gasteiger charge is 2.16. The number of anilines is 1. The van der Waals surface area contributed by atoms with Crippen LogP contribution in [0.3, 0.4) is 0 Å². The topological polar surface area (TPSA) is 101 Å². The van der Waals surface area contributed by atoms with E-state index in [9.17, 15) is 4.79 Å². The zero-order chi connectivity index (χ0) is 17.2. The summed E-state index contributed by atoms with van der Waals surface area (Å²) in [5, 5.41) is 17.9. The van der Waals surface area contributed by atoms with E-state index in [4.69, 9.17) is 0 Å². The first kappa shape index (κ1) is 15.7. The van der Waals surface area contributed by atoms with Crippen LogP contribution in [0.15, 0.2) is 18.3 Å². The van der Waals surface area contributed by atoms with Gasteiger partial charge in [0.05, 0.1) is 5.56 Å². The highest BCUT2D eigenvalue weighted by molar-refractivity contribution is 6.04. The largest absolute Gasteiger partial charge is 0.305 e. The molecule has 0 unspecified atom stereocenters. The number of hydrogen-bond donors (Lipinski definition) is 2. The molecule has 130 valence electrons. The van der Waals surface area contributed by atoms with Crippen molar-refractivity contribution in [2.75, 3.05) is 5.32 Å². The molecule has 0 bridgehead atoms. The molecule has 8 heteroatoms. The number of hydrogen-bond acceptors (Lipinski definition) is 5. The predicted molar refractivity (Wildman–Crippen MR) is 93.1 cm³/mol. The molecule has 3 aromatic rings. The van der Waals surface area contributed by atoms with Gasteiger partial charge in [-0.3, -0.25) is 9.89 Å². The van der Waals surface area contributed by atoms with E-state index in [1.165, 1.54) is 38.3 Å². The monoisotopic (exact) mass is 339 g/mol. The molecule has 1 fully saturated rings. The molecule has 2 N–H and O–H groups in total. The molecule has 0 saturated heterocycles. The fraction of sp³-hybridized carbons (Fsp3) is 0.471. The van der Waals surface area contributed by atoms with Crippen molar-refractivity contribution in [2.24, 2.45) is 13.0 Å². The van der Waals surface area contributed by atoms with Crippen LogP contribution in [0.1, 0.15) is 48.2 Å². The molecular formula is C17H21N7O. The van der Waals surface area contributed by atoms with Crippen molar-refractivity contribution >= 4 is 22.9 Å². The summed E-state index contributed by atoms with van der Waals surface area (Å²) in [6, 6.07) is 3.60. The maximum atomic E-state index is 12.4. The molecule has 1 saturated carbocycles. The highest BCUT2D eigenvalue weighted by Crippen LogP contribution is 2.26. The van der Waals surface area contributed by atoms with Crippen molar-refractivity contribution in [1.29, 1.82) is 0 Å². The molecular weight excluding hydrogens is 318 g/mol. The van der Waals surface area contributed by atoms with Gasteiger partial charge in [-0.25, -0.2) is 9.67 Å². The SMILES string of the molecule is Cn1nnc2cc(C(=O)Nc3cc(CC4CCCCC4)[nH]n3)cnc21. The third kappa shape index (κ3) is 3.38. The van der Waals surface area contributed by atoms with Crippen LogP contribution in [0.4, 0.5) is 5.82 Å². The number of aryl methyl sites for hydroxylation is 1. The molecule has 25 heavy (non-hydrogen) atoms. The molecule has 0 radical (unpaired) electrons. The van der Waals surface area contributed by atoms with Gasteiger partial charge in [-0.15, -0.1) is 5.10 Å². The van der Waals surface area contributed by atoms with Crippen LogP contribution in [-0.2, 0) is 13.5 Å². The first-order valence-corrected chi connectivity index (χ1v) is 8.70. The van der Waals surface area contributed by atoms with Crippen LogP contribution in [0.25, 0.3) is 11.2 Å². The summed E-state index contributed by atoms with van der Waals surface area (Å²) in [5.74, 6) is 1.01. The molecule has 0 atom stereocenters. The number of aromatic amines is 1. The summed E-state index contributed by atoms with van der Waals surface area (Å²) in [6.07, 6.45) is 9.08. The highest BCUT2D eigenvalue weighted by atomic mass is 16.1. The van der Waals surface area contributed by atoms with Gasteiger partial charge >= 0.3 is 0 Å². The number of aromatic nitrogens is 6. The van der Waals surface area contributed by atoms with Gasteiger partial charge < -0.3 is 5.32 Å². The van der Waals surface area contributed by atoms with Gasteiger partial charge in [0.15, 0.2) is 11.5 Å². The number of nitrogens with one attached hydrogen (secondary N) is 2. The lowest BCUT2D eigenvalue weighted by molar-refractivity contribution is 0.102. The number of carbonyl (C=O) groups excluding carboxylic acids is 1. The summed E-state index contributed by atoms with van der Waals surface area (Å²) >= 11 is 0. The minimum atomic E-state index is -0.254. The lowest BCUT2D eigenvalue weighted by Crippen LogP contribution is -2.12. The van der Waals surface area contributed by atoms with E-state index < -0.39 is 0 Å². The van der Waals surface area contributed by atoms with Crippen LogP contribution in [0.2, 0.25) is 0 Å².